The molecule has 0 bridgehead atoms. The number of carbonyl (C=O) groups is 1. The van der Waals surface area contributed by atoms with Crippen LogP contribution < -0.4 is 11.1 Å². The van der Waals surface area contributed by atoms with E-state index in [1.165, 1.54) is 13.1 Å². The Morgan fingerprint density at radius 2 is 2.00 bits per heavy atom. The third-order valence-electron chi connectivity index (χ3n) is 3.10. The van der Waals surface area contributed by atoms with Gasteiger partial charge in [-0.05, 0) is 5.39 Å². The van der Waals surface area contributed by atoms with Crippen LogP contribution in [0.15, 0.2) is 30.5 Å². The minimum Gasteiger partial charge on any atom is -0.388 e. The van der Waals surface area contributed by atoms with Gasteiger partial charge in [-0.15, -0.1) is 0 Å². The van der Waals surface area contributed by atoms with E-state index in [9.17, 15) is 15.0 Å². The highest BCUT2D eigenvalue weighted by atomic mass is 16.3. The highest BCUT2D eigenvalue weighted by Gasteiger charge is 2.21. The van der Waals surface area contributed by atoms with Crippen LogP contribution in [-0.4, -0.2) is 33.8 Å². The fourth-order valence-electron chi connectivity index (χ4n) is 2.04. The number of aromatic nitrogens is 1. The lowest BCUT2D eigenvalue weighted by Crippen LogP contribution is -2.34. The second kappa shape index (κ2) is 5.85. The molecule has 106 valence electrons. The minimum absolute atomic E-state index is 0.0325. The molecule has 1 aromatic heterocycles. The van der Waals surface area contributed by atoms with Crippen molar-refractivity contribution in [3.05, 3.63) is 36.0 Å². The lowest BCUT2D eigenvalue weighted by atomic mass is 9.99. The molecule has 6 heteroatoms. The number of hydrogen-bond donors (Lipinski definition) is 4. The monoisotopic (exact) mass is 275 g/mol. The molecular formula is C14H17N3O3. The van der Waals surface area contributed by atoms with E-state index in [0.29, 0.717) is 11.4 Å². The number of rotatable bonds is 4. The Balaban J connectivity index is 2.32. The van der Waals surface area contributed by atoms with Gasteiger partial charge in [-0.3, -0.25) is 4.79 Å². The summed E-state index contributed by atoms with van der Waals surface area (Å²) >= 11 is 0. The Morgan fingerprint density at radius 3 is 2.65 bits per heavy atom. The summed E-state index contributed by atoms with van der Waals surface area (Å²) in [5.74, 6) is 0.101. The third-order valence-corrected chi connectivity index (χ3v) is 3.10. The number of nitrogen functional groups attached to an aromatic ring is 1. The Hall–Kier alpha value is -2.18. The Labute approximate surface area is 116 Å². The molecule has 6 nitrogen and oxygen atoms in total. The zero-order chi connectivity index (χ0) is 14.7. The SMILES string of the molecule is CC(=O)NCC(O)C(O)c1cnc(N)c2ccccc12. The molecule has 1 heterocycles. The molecule has 0 fully saturated rings. The topological polar surface area (TPSA) is 108 Å². The van der Waals surface area contributed by atoms with Crippen LogP contribution in [-0.2, 0) is 4.79 Å². The van der Waals surface area contributed by atoms with Crippen molar-refractivity contribution < 1.29 is 15.0 Å². The minimum atomic E-state index is -1.15. The van der Waals surface area contributed by atoms with Crippen LogP contribution in [0.5, 0.6) is 0 Å². The van der Waals surface area contributed by atoms with Crippen molar-refractivity contribution in [2.75, 3.05) is 12.3 Å². The molecule has 1 amide bonds. The third kappa shape index (κ3) is 2.87. The molecule has 0 aliphatic rings. The van der Waals surface area contributed by atoms with Gasteiger partial charge in [0.2, 0.25) is 5.91 Å². The standard InChI is InChI=1S/C14H17N3O3/c1-8(18)16-7-12(19)13(20)11-6-17-14(15)10-5-3-2-4-9(10)11/h2-6,12-13,19-20H,7H2,1H3,(H2,15,17)(H,16,18). The first-order valence-electron chi connectivity index (χ1n) is 6.24. The number of anilines is 1. The molecule has 2 atom stereocenters. The van der Waals surface area contributed by atoms with Gasteiger partial charge in [0.15, 0.2) is 0 Å². The van der Waals surface area contributed by atoms with Gasteiger partial charge in [0, 0.05) is 30.6 Å². The van der Waals surface area contributed by atoms with E-state index in [1.807, 2.05) is 12.1 Å². The fraction of sp³-hybridized carbons (Fsp3) is 0.286. The molecular weight excluding hydrogens is 258 g/mol. The van der Waals surface area contributed by atoms with Crippen molar-refractivity contribution >= 4 is 22.5 Å². The quantitative estimate of drug-likeness (QED) is 0.643. The summed E-state index contributed by atoms with van der Waals surface area (Å²) in [6.07, 6.45) is -0.827. The van der Waals surface area contributed by atoms with Gasteiger partial charge < -0.3 is 21.3 Å². The summed E-state index contributed by atoms with van der Waals surface area (Å²) in [5, 5.41) is 24.0. The number of benzene rings is 1. The summed E-state index contributed by atoms with van der Waals surface area (Å²) in [4.78, 5) is 14.9. The molecule has 0 spiro atoms. The first kappa shape index (κ1) is 14.2. The zero-order valence-electron chi connectivity index (χ0n) is 11.1. The Kier molecular flexibility index (Phi) is 4.16. The lowest BCUT2D eigenvalue weighted by molar-refractivity contribution is -0.119. The number of amides is 1. The number of carbonyl (C=O) groups excluding carboxylic acids is 1. The van der Waals surface area contributed by atoms with Crippen LogP contribution in [0.25, 0.3) is 10.8 Å². The molecule has 2 unspecified atom stereocenters. The zero-order valence-corrected chi connectivity index (χ0v) is 11.1. The fourth-order valence-corrected chi connectivity index (χ4v) is 2.04. The maximum Gasteiger partial charge on any atom is 0.216 e. The van der Waals surface area contributed by atoms with Gasteiger partial charge in [-0.25, -0.2) is 4.98 Å². The molecule has 2 rings (SSSR count). The maximum absolute atomic E-state index is 10.8. The van der Waals surface area contributed by atoms with E-state index in [4.69, 9.17) is 5.73 Å². The van der Waals surface area contributed by atoms with Crippen LogP contribution in [0.4, 0.5) is 5.82 Å². The molecule has 20 heavy (non-hydrogen) atoms. The molecule has 1 aromatic carbocycles. The molecule has 0 radical (unpaired) electrons. The van der Waals surface area contributed by atoms with E-state index in [0.717, 1.165) is 10.8 Å². The predicted molar refractivity (Wildman–Crippen MR) is 75.8 cm³/mol. The number of pyridine rings is 1. The number of nitrogens with zero attached hydrogens (tertiary/aromatic N) is 1. The van der Waals surface area contributed by atoms with Crippen LogP contribution in [0.1, 0.15) is 18.6 Å². The van der Waals surface area contributed by atoms with Crippen LogP contribution in [0.2, 0.25) is 0 Å². The molecule has 2 aromatic rings. The average Bonchev–Trinajstić information content (AvgIpc) is 2.44. The molecule has 5 N–H and O–H groups in total. The number of aliphatic hydroxyl groups excluding tert-OH is 2. The summed E-state index contributed by atoms with van der Waals surface area (Å²) in [6.45, 7) is 1.31. The number of hydrogen-bond acceptors (Lipinski definition) is 5. The van der Waals surface area contributed by atoms with E-state index in [2.05, 4.69) is 10.3 Å². The van der Waals surface area contributed by atoms with E-state index in [1.54, 1.807) is 12.1 Å². The van der Waals surface area contributed by atoms with E-state index < -0.39 is 12.2 Å². The number of nitrogens with two attached hydrogens (primary N) is 1. The molecule has 0 saturated heterocycles. The molecule has 0 aliphatic carbocycles. The summed E-state index contributed by atoms with van der Waals surface area (Å²) in [6, 6.07) is 7.24. The van der Waals surface area contributed by atoms with E-state index in [-0.39, 0.29) is 12.5 Å². The van der Waals surface area contributed by atoms with Gasteiger partial charge in [0.1, 0.15) is 18.0 Å². The van der Waals surface area contributed by atoms with Crippen molar-refractivity contribution in [3.63, 3.8) is 0 Å². The van der Waals surface area contributed by atoms with Gasteiger partial charge in [0.25, 0.3) is 0 Å². The van der Waals surface area contributed by atoms with Crippen molar-refractivity contribution in [3.8, 4) is 0 Å². The normalized spacial score (nSPS) is 13.9. The van der Waals surface area contributed by atoms with Crippen molar-refractivity contribution in [2.24, 2.45) is 0 Å². The average molecular weight is 275 g/mol. The summed E-state index contributed by atoms with van der Waals surface area (Å²) in [5.41, 5.74) is 6.27. The highest BCUT2D eigenvalue weighted by molar-refractivity contribution is 5.93. The lowest BCUT2D eigenvalue weighted by Gasteiger charge is -2.20. The molecule has 0 aliphatic heterocycles. The summed E-state index contributed by atoms with van der Waals surface area (Å²) in [7, 11) is 0. The first-order chi connectivity index (χ1) is 9.50. The Bertz CT molecular complexity index is 630. The van der Waals surface area contributed by atoms with Gasteiger partial charge in [-0.1, -0.05) is 24.3 Å². The number of aliphatic hydroxyl groups is 2. The number of nitrogens with one attached hydrogen (secondary N) is 1. The number of fused-ring (bicyclic) bond motifs is 1. The van der Waals surface area contributed by atoms with Crippen molar-refractivity contribution in [1.82, 2.24) is 10.3 Å². The van der Waals surface area contributed by atoms with Crippen LogP contribution in [0, 0.1) is 0 Å². The van der Waals surface area contributed by atoms with Crippen molar-refractivity contribution in [1.29, 1.82) is 0 Å². The second-order valence-electron chi connectivity index (χ2n) is 4.59. The van der Waals surface area contributed by atoms with E-state index >= 15 is 0 Å². The van der Waals surface area contributed by atoms with Crippen molar-refractivity contribution in [2.45, 2.75) is 19.1 Å². The largest absolute Gasteiger partial charge is 0.388 e. The molecule has 0 saturated carbocycles. The Morgan fingerprint density at radius 1 is 1.35 bits per heavy atom. The maximum atomic E-state index is 10.8. The predicted octanol–water partition coefficient (Wildman–Crippen LogP) is 0.347. The van der Waals surface area contributed by atoms with Gasteiger partial charge in [-0.2, -0.15) is 0 Å². The smallest absolute Gasteiger partial charge is 0.216 e. The first-order valence-corrected chi connectivity index (χ1v) is 6.24. The van der Waals surface area contributed by atoms with Crippen LogP contribution >= 0.6 is 0 Å². The van der Waals surface area contributed by atoms with Crippen LogP contribution in [0.3, 0.4) is 0 Å². The van der Waals surface area contributed by atoms with Gasteiger partial charge in [0.05, 0.1) is 0 Å². The van der Waals surface area contributed by atoms with Gasteiger partial charge >= 0.3 is 0 Å². The highest BCUT2D eigenvalue weighted by Crippen LogP contribution is 2.28. The summed E-state index contributed by atoms with van der Waals surface area (Å²) < 4.78 is 0. The second-order valence-corrected chi connectivity index (χ2v) is 4.59.